The standard InChI is InChI=1S/C21H39N7O5/c1-11(2)15(27-17(29)13-7-5-9-24-13)19(31)26-14(8-6-10-25-21(22)23)18(30)28-16(12(3)4)20(32)33/h11-16,24H,5-10H2,1-4H3,(H,26,31)(H,27,29)(H,28,30)(H,32,33)(H4,22,23,25). The van der Waals surface area contributed by atoms with Crippen molar-refractivity contribution < 1.29 is 24.3 Å². The number of aliphatic carboxylic acids is 1. The van der Waals surface area contributed by atoms with E-state index >= 15 is 0 Å². The van der Waals surface area contributed by atoms with Gasteiger partial charge in [0, 0.05) is 6.54 Å². The number of rotatable bonds is 13. The van der Waals surface area contributed by atoms with Crippen LogP contribution < -0.4 is 32.7 Å². The Kier molecular flexibility index (Phi) is 11.6. The molecule has 4 atom stereocenters. The Bertz CT molecular complexity index is 716. The van der Waals surface area contributed by atoms with E-state index in [1.807, 2.05) is 0 Å². The molecule has 12 nitrogen and oxygen atoms in total. The molecule has 9 N–H and O–H groups in total. The molecule has 0 radical (unpaired) electrons. The molecule has 12 heteroatoms. The summed E-state index contributed by atoms with van der Waals surface area (Å²) >= 11 is 0. The molecule has 1 aliphatic heterocycles. The average Bonchev–Trinajstić information content (AvgIpc) is 3.25. The number of carbonyl (C=O) groups excluding carboxylic acids is 3. The number of carbonyl (C=O) groups is 4. The fourth-order valence-corrected chi connectivity index (χ4v) is 3.50. The largest absolute Gasteiger partial charge is 0.480 e. The molecule has 0 bridgehead atoms. The van der Waals surface area contributed by atoms with Gasteiger partial charge in [-0.25, -0.2) is 4.79 Å². The van der Waals surface area contributed by atoms with Gasteiger partial charge in [0.15, 0.2) is 5.96 Å². The highest BCUT2D eigenvalue weighted by Crippen LogP contribution is 2.10. The van der Waals surface area contributed by atoms with Crippen molar-refractivity contribution in [3.8, 4) is 0 Å². The molecule has 188 valence electrons. The van der Waals surface area contributed by atoms with Gasteiger partial charge in [0.05, 0.1) is 6.04 Å². The lowest BCUT2D eigenvalue weighted by atomic mass is 10.0. The molecule has 3 amide bonds. The van der Waals surface area contributed by atoms with Gasteiger partial charge >= 0.3 is 5.97 Å². The van der Waals surface area contributed by atoms with Crippen molar-refractivity contribution in [2.45, 2.75) is 77.5 Å². The summed E-state index contributed by atoms with van der Waals surface area (Å²) in [6.45, 7) is 7.92. The highest BCUT2D eigenvalue weighted by molar-refractivity contribution is 5.94. The maximum atomic E-state index is 13.0. The summed E-state index contributed by atoms with van der Waals surface area (Å²) in [6.07, 6.45) is 2.14. The minimum absolute atomic E-state index is 0.0890. The molecule has 1 saturated heterocycles. The smallest absolute Gasteiger partial charge is 0.326 e. The number of hydrogen-bond donors (Lipinski definition) is 7. The van der Waals surface area contributed by atoms with Crippen molar-refractivity contribution in [1.82, 2.24) is 21.3 Å². The lowest BCUT2D eigenvalue weighted by Gasteiger charge is -2.27. The average molecular weight is 470 g/mol. The number of nitrogens with two attached hydrogens (primary N) is 2. The van der Waals surface area contributed by atoms with Crippen LogP contribution in [0.15, 0.2) is 4.99 Å². The van der Waals surface area contributed by atoms with Crippen molar-refractivity contribution in [1.29, 1.82) is 0 Å². The fourth-order valence-electron chi connectivity index (χ4n) is 3.50. The zero-order chi connectivity index (χ0) is 25.1. The van der Waals surface area contributed by atoms with E-state index in [4.69, 9.17) is 11.5 Å². The number of carboxylic acid groups (broad SMARTS) is 1. The summed E-state index contributed by atoms with van der Waals surface area (Å²) < 4.78 is 0. The minimum atomic E-state index is -1.17. The van der Waals surface area contributed by atoms with Crippen LogP contribution in [0, 0.1) is 11.8 Å². The van der Waals surface area contributed by atoms with Gasteiger partial charge in [0.25, 0.3) is 0 Å². The highest BCUT2D eigenvalue weighted by atomic mass is 16.4. The zero-order valence-electron chi connectivity index (χ0n) is 19.9. The fraction of sp³-hybridized carbons (Fsp3) is 0.762. The Labute approximate surface area is 194 Å². The Morgan fingerprint density at radius 2 is 1.64 bits per heavy atom. The number of amides is 3. The first-order valence-electron chi connectivity index (χ1n) is 11.4. The topological polar surface area (TPSA) is 201 Å². The number of aliphatic imine (C=N–C) groups is 1. The molecule has 0 aromatic heterocycles. The van der Waals surface area contributed by atoms with Crippen molar-refractivity contribution in [3.63, 3.8) is 0 Å². The first-order chi connectivity index (χ1) is 15.4. The molecular formula is C21H39N7O5. The van der Waals surface area contributed by atoms with E-state index in [9.17, 15) is 24.3 Å². The summed E-state index contributed by atoms with van der Waals surface area (Å²) in [5, 5.41) is 20.4. The van der Waals surface area contributed by atoms with Gasteiger partial charge in [0.2, 0.25) is 17.7 Å². The van der Waals surface area contributed by atoms with Gasteiger partial charge in [-0.2, -0.15) is 0 Å². The van der Waals surface area contributed by atoms with Crippen LogP contribution in [0.3, 0.4) is 0 Å². The summed E-state index contributed by atoms with van der Waals surface area (Å²) in [5.41, 5.74) is 10.6. The second-order valence-corrected chi connectivity index (χ2v) is 8.96. The number of nitrogens with one attached hydrogen (secondary N) is 4. The lowest BCUT2D eigenvalue weighted by molar-refractivity contribution is -0.143. The van der Waals surface area contributed by atoms with Gasteiger partial charge in [-0.05, 0) is 44.1 Å². The number of carboxylic acids is 1. The van der Waals surface area contributed by atoms with Gasteiger partial charge in [-0.15, -0.1) is 0 Å². The van der Waals surface area contributed by atoms with Crippen LogP contribution in [0.2, 0.25) is 0 Å². The Hall–Kier alpha value is -2.89. The van der Waals surface area contributed by atoms with E-state index in [1.54, 1.807) is 27.7 Å². The van der Waals surface area contributed by atoms with Crippen molar-refractivity contribution in [2.24, 2.45) is 28.3 Å². The van der Waals surface area contributed by atoms with Crippen LogP contribution in [0.25, 0.3) is 0 Å². The molecule has 33 heavy (non-hydrogen) atoms. The van der Waals surface area contributed by atoms with Crippen molar-refractivity contribution in [2.75, 3.05) is 13.1 Å². The van der Waals surface area contributed by atoms with Crippen molar-refractivity contribution >= 4 is 29.7 Å². The first-order valence-corrected chi connectivity index (χ1v) is 11.4. The van der Waals surface area contributed by atoms with Crippen LogP contribution in [0.4, 0.5) is 0 Å². The van der Waals surface area contributed by atoms with Crippen molar-refractivity contribution in [3.05, 3.63) is 0 Å². The van der Waals surface area contributed by atoms with Crippen LogP contribution in [0.1, 0.15) is 53.4 Å². The van der Waals surface area contributed by atoms with E-state index in [1.165, 1.54) is 0 Å². The molecule has 0 aromatic carbocycles. The van der Waals surface area contributed by atoms with Gasteiger partial charge in [-0.1, -0.05) is 27.7 Å². The molecule has 0 saturated carbocycles. The third kappa shape index (κ3) is 9.64. The molecule has 1 rings (SSSR count). The maximum Gasteiger partial charge on any atom is 0.326 e. The van der Waals surface area contributed by atoms with E-state index < -0.39 is 35.9 Å². The number of nitrogens with zero attached hydrogens (tertiary/aromatic N) is 1. The summed E-state index contributed by atoms with van der Waals surface area (Å²) in [7, 11) is 0. The second-order valence-electron chi connectivity index (χ2n) is 8.96. The normalized spacial score (nSPS) is 18.3. The third-order valence-corrected chi connectivity index (χ3v) is 5.43. The van der Waals surface area contributed by atoms with Gasteiger partial charge < -0.3 is 37.8 Å². The molecule has 4 unspecified atom stereocenters. The van der Waals surface area contributed by atoms with E-state index in [0.717, 1.165) is 13.0 Å². The minimum Gasteiger partial charge on any atom is -0.480 e. The van der Waals surface area contributed by atoms with Crippen LogP contribution in [-0.2, 0) is 19.2 Å². The summed E-state index contributed by atoms with van der Waals surface area (Å²) in [4.78, 5) is 53.8. The molecule has 0 aromatic rings. The lowest BCUT2D eigenvalue weighted by Crippen LogP contribution is -2.58. The first kappa shape index (κ1) is 28.1. The maximum absolute atomic E-state index is 13.0. The number of hydrogen-bond acceptors (Lipinski definition) is 6. The van der Waals surface area contributed by atoms with E-state index in [0.29, 0.717) is 12.8 Å². The molecule has 1 heterocycles. The monoisotopic (exact) mass is 469 g/mol. The molecule has 0 aliphatic carbocycles. The summed E-state index contributed by atoms with van der Waals surface area (Å²) in [6, 6.07) is -3.33. The Balaban J connectivity index is 2.93. The van der Waals surface area contributed by atoms with Crippen LogP contribution in [-0.4, -0.2) is 72.0 Å². The van der Waals surface area contributed by atoms with E-state index in [-0.39, 0.29) is 42.7 Å². The van der Waals surface area contributed by atoms with Crippen LogP contribution >= 0.6 is 0 Å². The zero-order valence-corrected chi connectivity index (χ0v) is 19.9. The van der Waals surface area contributed by atoms with Gasteiger partial charge in [-0.3, -0.25) is 19.4 Å². The molecule has 1 aliphatic rings. The second kappa shape index (κ2) is 13.6. The Morgan fingerprint density at radius 1 is 1.00 bits per heavy atom. The third-order valence-electron chi connectivity index (χ3n) is 5.43. The summed E-state index contributed by atoms with van der Waals surface area (Å²) in [5.74, 6) is -3.25. The highest BCUT2D eigenvalue weighted by Gasteiger charge is 2.33. The predicted octanol–water partition coefficient (Wildman–Crippen LogP) is -1.36. The molecule has 1 fully saturated rings. The van der Waals surface area contributed by atoms with E-state index in [2.05, 4.69) is 26.3 Å². The van der Waals surface area contributed by atoms with Gasteiger partial charge in [0.1, 0.15) is 18.1 Å². The SMILES string of the molecule is CC(C)C(NC(=O)C(CCCN=C(N)N)NC(=O)C(NC(=O)C1CCCN1)C(C)C)C(=O)O. The predicted molar refractivity (Wildman–Crippen MR) is 124 cm³/mol. The molecular weight excluding hydrogens is 430 g/mol. The van der Waals surface area contributed by atoms with Crippen LogP contribution in [0.5, 0.6) is 0 Å². The molecule has 0 spiro atoms. The quantitative estimate of drug-likeness (QED) is 0.0973. The number of guanidine groups is 1. The Morgan fingerprint density at radius 3 is 2.12 bits per heavy atom.